The Morgan fingerprint density at radius 1 is 1.61 bits per heavy atom. The van der Waals surface area contributed by atoms with Crippen LogP contribution >= 0.6 is 0 Å². The molecule has 1 aliphatic heterocycles. The second-order valence-electron chi connectivity index (χ2n) is 5.32. The highest BCUT2D eigenvalue weighted by Crippen LogP contribution is 2.15. The van der Waals surface area contributed by atoms with Gasteiger partial charge in [-0.3, -0.25) is 0 Å². The molecule has 1 N–H and O–H groups in total. The molecular weight excluding hydrogens is 230 g/mol. The lowest BCUT2D eigenvalue weighted by molar-refractivity contribution is -0.122. The van der Waals surface area contributed by atoms with Gasteiger partial charge in [-0.25, -0.2) is 4.98 Å². The van der Waals surface area contributed by atoms with Crippen LogP contribution in [-0.4, -0.2) is 41.0 Å². The van der Waals surface area contributed by atoms with Crippen LogP contribution in [0.15, 0.2) is 12.5 Å². The first-order valence-electron chi connectivity index (χ1n) is 6.56. The minimum atomic E-state index is -0.0997. The second-order valence-corrected chi connectivity index (χ2v) is 5.32. The van der Waals surface area contributed by atoms with Crippen LogP contribution in [0.1, 0.15) is 26.5 Å². The molecular formula is C13H23N3O2. The second kappa shape index (κ2) is 5.82. The lowest BCUT2D eigenvalue weighted by atomic mass is 10.1. The number of imidazole rings is 1. The summed E-state index contributed by atoms with van der Waals surface area (Å²) in [5, 5.41) is 3.37. The van der Waals surface area contributed by atoms with Gasteiger partial charge in [0.2, 0.25) is 0 Å². The number of morpholine rings is 1. The molecule has 0 aromatic carbocycles. The normalized spacial score (nSPS) is 23.2. The number of nitrogens with zero attached hydrogens (tertiary/aromatic N) is 2. The molecule has 102 valence electrons. The molecule has 0 radical (unpaired) electrons. The Labute approximate surface area is 108 Å². The number of aromatic nitrogens is 2. The molecule has 0 saturated carbocycles. The molecule has 1 aromatic heterocycles. The molecule has 1 aromatic rings. The fourth-order valence-corrected chi connectivity index (χ4v) is 2.21. The topological polar surface area (TPSA) is 48.3 Å². The number of nitrogens with one attached hydrogen (secondary N) is 1. The van der Waals surface area contributed by atoms with Crippen molar-refractivity contribution in [1.82, 2.24) is 14.9 Å². The van der Waals surface area contributed by atoms with Gasteiger partial charge in [-0.15, -0.1) is 0 Å². The van der Waals surface area contributed by atoms with Gasteiger partial charge >= 0.3 is 0 Å². The van der Waals surface area contributed by atoms with Gasteiger partial charge in [-0.1, -0.05) is 0 Å². The molecule has 0 spiro atoms. The number of aryl methyl sites for hydroxylation is 1. The Balaban J connectivity index is 1.75. The van der Waals surface area contributed by atoms with E-state index in [9.17, 15) is 0 Å². The highest BCUT2D eigenvalue weighted by molar-refractivity contribution is 4.96. The molecule has 1 fully saturated rings. The number of ether oxygens (including phenoxy) is 2. The van der Waals surface area contributed by atoms with Crippen LogP contribution in [0.2, 0.25) is 0 Å². The summed E-state index contributed by atoms with van der Waals surface area (Å²) in [6.07, 6.45) is 3.82. The summed E-state index contributed by atoms with van der Waals surface area (Å²) < 4.78 is 13.8. The smallest absolute Gasteiger partial charge is 0.0948 e. The summed E-state index contributed by atoms with van der Waals surface area (Å²) in [4.78, 5) is 4.12. The van der Waals surface area contributed by atoms with E-state index in [1.807, 2.05) is 12.5 Å². The molecule has 0 bridgehead atoms. The fraction of sp³-hybridized carbons (Fsp3) is 0.769. The Kier molecular flexibility index (Phi) is 4.37. The van der Waals surface area contributed by atoms with Crippen molar-refractivity contribution in [2.24, 2.45) is 0 Å². The molecule has 2 heterocycles. The molecule has 1 aliphatic rings. The monoisotopic (exact) mass is 253 g/mol. The lowest BCUT2D eigenvalue weighted by Crippen LogP contribution is -2.51. The van der Waals surface area contributed by atoms with E-state index in [0.717, 1.165) is 25.3 Å². The average Bonchev–Trinajstić information content (AvgIpc) is 2.75. The summed E-state index contributed by atoms with van der Waals surface area (Å²) in [6.45, 7) is 10.2. The van der Waals surface area contributed by atoms with Gasteiger partial charge in [0.25, 0.3) is 0 Å². The third-order valence-corrected chi connectivity index (χ3v) is 3.10. The minimum Gasteiger partial charge on any atom is -0.372 e. The minimum absolute atomic E-state index is 0.0997. The van der Waals surface area contributed by atoms with Crippen LogP contribution in [0.4, 0.5) is 0 Å². The summed E-state index contributed by atoms with van der Waals surface area (Å²) in [5.41, 5.74) is 1.01. The van der Waals surface area contributed by atoms with E-state index in [0.29, 0.717) is 13.2 Å². The molecule has 0 amide bonds. The van der Waals surface area contributed by atoms with E-state index in [-0.39, 0.29) is 11.7 Å². The van der Waals surface area contributed by atoms with E-state index < -0.39 is 0 Å². The van der Waals surface area contributed by atoms with E-state index in [1.165, 1.54) is 0 Å². The van der Waals surface area contributed by atoms with Crippen molar-refractivity contribution in [3.8, 4) is 0 Å². The number of hydrogen-bond acceptors (Lipinski definition) is 4. The summed E-state index contributed by atoms with van der Waals surface area (Å²) >= 11 is 0. The van der Waals surface area contributed by atoms with Crippen LogP contribution in [0.25, 0.3) is 0 Å². The van der Waals surface area contributed by atoms with Gasteiger partial charge in [0, 0.05) is 19.6 Å². The van der Waals surface area contributed by atoms with Crippen molar-refractivity contribution >= 4 is 0 Å². The van der Waals surface area contributed by atoms with Crippen LogP contribution in [0.5, 0.6) is 0 Å². The van der Waals surface area contributed by atoms with Gasteiger partial charge in [0.1, 0.15) is 0 Å². The summed E-state index contributed by atoms with van der Waals surface area (Å²) in [6, 6.07) is 0. The molecule has 0 aliphatic carbocycles. The molecule has 1 saturated heterocycles. The summed E-state index contributed by atoms with van der Waals surface area (Å²) in [7, 11) is 0. The predicted molar refractivity (Wildman–Crippen MR) is 69.4 cm³/mol. The van der Waals surface area contributed by atoms with Crippen LogP contribution < -0.4 is 5.32 Å². The van der Waals surface area contributed by atoms with E-state index in [2.05, 4.69) is 35.6 Å². The van der Waals surface area contributed by atoms with Gasteiger partial charge in [0.05, 0.1) is 43.1 Å². The maximum absolute atomic E-state index is 5.94. The Hall–Kier alpha value is -0.910. The van der Waals surface area contributed by atoms with Crippen molar-refractivity contribution < 1.29 is 9.47 Å². The van der Waals surface area contributed by atoms with Crippen molar-refractivity contribution in [3.05, 3.63) is 18.2 Å². The lowest BCUT2D eigenvalue weighted by Gasteiger charge is -2.36. The fourth-order valence-electron chi connectivity index (χ4n) is 2.21. The molecule has 1 unspecified atom stereocenters. The highest BCUT2D eigenvalue weighted by atomic mass is 16.5. The van der Waals surface area contributed by atoms with Crippen molar-refractivity contribution in [2.45, 2.75) is 45.6 Å². The molecule has 5 nitrogen and oxygen atoms in total. The van der Waals surface area contributed by atoms with E-state index >= 15 is 0 Å². The highest BCUT2D eigenvalue weighted by Gasteiger charge is 2.28. The van der Waals surface area contributed by atoms with E-state index in [4.69, 9.17) is 9.47 Å². The molecule has 2 rings (SSSR count). The van der Waals surface area contributed by atoms with Gasteiger partial charge < -0.3 is 19.4 Å². The van der Waals surface area contributed by atoms with Crippen molar-refractivity contribution in [3.63, 3.8) is 0 Å². The van der Waals surface area contributed by atoms with Crippen molar-refractivity contribution in [1.29, 1.82) is 0 Å². The first-order chi connectivity index (χ1) is 8.61. The third-order valence-electron chi connectivity index (χ3n) is 3.10. The van der Waals surface area contributed by atoms with Gasteiger partial charge in [-0.05, 0) is 20.8 Å². The Morgan fingerprint density at radius 3 is 3.17 bits per heavy atom. The SMILES string of the molecule is CCn1cncc1COCC1CNCC(C)(C)O1. The maximum atomic E-state index is 5.94. The Bertz CT molecular complexity index is 376. The molecule has 1 atom stereocenters. The molecule has 5 heteroatoms. The first kappa shape index (κ1) is 13.5. The molecule has 18 heavy (non-hydrogen) atoms. The zero-order valence-corrected chi connectivity index (χ0v) is 11.5. The van der Waals surface area contributed by atoms with Crippen LogP contribution in [0, 0.1) is 0 Å². The Morgan fingerprint density at radius 2 is 2.44 bits per heavy atom. The third kappa shape index (κ3) is 3.54. The van der Waals surface area contributed by atoms with Gasteiger partial charge in [0.15, 0.2) is 0 Å². The number of rotatable bonds is 5. The zero-order chi connectivity index (χ0) is 13.0. The largest absolute Gasteiger partial charge is 0.372 e. The average molecular weight is 253 g/mol. The standard InChI is InChI=1S/C13H23N3O2/c1-4-16-10-15-5-11(16)7-17-8-12-6-14-9-13(2,3)18-12/h5,10,12,14H,4,6-9H2,1-3H3. The van der Waals surface area contributed by atoms with Crippen LogP contribution in [0.3, 0.4) is 0 Å². The summed E-state index contributed by atoms with van der Waals surface area (Å²) in [5.74, 6) is 0. The van der Waals surface area contributed by atoms with E-state index in [1.54, 1.807) is 0 Å². The maximum Gasteiger partial charge on any atom is 0.0948 e. The zero-order valence-electron chi connectivity index (χ0n) is 11.5. The van der Waals surface area contributed by atoms with Gasteiger partial charge in [-0.2, -0.15) is 0 Å². The number of hydrogen-bond donors (Lipinski definition) is 1. The quantitative estimate of drug-likeness (QED) is 0.856. The van der Waals surface area contributed by atoms with Crippen LogP contribution in [-0.2, 0) is 22.6 Å². The predicted octanol–water partition coefficient (Wildman–Crippen LogP) is 1.19. The van der Waals surface area contributed by atoms with Crippen molar-refractivity contribution in [2.75, 3.05) is 19.7 Å². The first-order valence-corrected chi connectivity index (χ1v) is 6.56.